The van der Waals surface area contributed by atoms with Gasteiger partial charge in [0.15, 0.2) is 0 Å². The second-order valence-corrected chi connectivity index (χ2v) is 19.2. The van der Waals surface area contributed by atoms with Crippen molar-refractivity contribution in [1.29, 1.82) is 0 Å². The van der Waals surface area contributed by atoms with Gasteiger partial charge in [-0.25, -0.2) is 25.4 Å². The van der Waals surface area contributed by atoms with Gasteiger partial charge in [0, 0.05) is 30.9 Å². The summed E-state index contributed by atoms with van der Waals surface area (Å²) in [5.74, 6) is 0. The monoisotopic (exact) mass is 802 g/mol. The molecule has 0 bridgehead atoms. The van der Waals surface area contributed by atoms with Crippen LogP contribution < -0.4 is 8.61 Å². The van der Waals surface area contributed by atoms with Crippen molar-refractivity contribution < 1.29 is 16.8 Å². The molecule has 6 nitrogen and oxygen atoms in total. The van der Waals surface area contributed by atoms with Crippen LogP contribution >= 0.6 is 11.3 Å². The summed E-state index contributed by atoms with van der Waals surface area (Å²) in [5, 5.41) is 4.93. The lowest BCUT2D eigenvalue weighted by atomic mass is 10.0. The van der Waals surface area contributed by atoms with E-state index in [0.29, 0.717) is 28.1 Å². The number of thiophene rings is 1. The van der Waals surface area contributed by atoms with E-state index in [9.17, 15) is 8.42 Å². The van der Waals surface area contributed by atoms with Gasteiger partial charge in [0.1, 0.15) is 0 Å². The van der Waals surface area contributed by atoms with Gasteiger partial charge in [0.25, 0.3) is 20.0 Å². The van der Waals surface area contributed by atoms with Gasteiger partial charge in [-0.1, -0.05) is 113 Å². The topological polar surface area (TPSA) is 74.8 Å². The third-order valence-corrected chi connectivity index (χ3v) is 15.3. The van der Waals surface area contributed by atoms with Gasteiger partial charge < -0.3 is 0 Å². The van der Waals surface area contributed by atoms with Gasteiger partial charge in [0.05, 0.1) is 32.5 Å². The van der Waals surface area contributed by atoms with Crippen LogP contribution in [0.15, 0.2) is 168 Å². The van der Waals surface area contributed by atoms with E-state index in [1.54, 1.807) is 18.2 Å². The number of rotatable bonds is 8. The van der Waals surface area contributed by atoms with Crippen LogP contribution in [0.5, 0.6) is 0 Å². The fraction of sp³-hybridized carbons (Fsp3) is 0.0833. The zero-order valence-electron chi connectivity index (χ0n) is 31.8. The highest BCUT2D eigenvalue weighted by Gasteiger charge is 2.31. The van der Waals surface area contributed by atoms with Crippen LogP contribution in [-0.2, 0) is 20.0 Å². The summed E-state index contributed by atoms with van der Waals surface area (Å²) >= 11 is 1.48. The number of nitrogens with zero attached hydrogens (tertiary/aromatic N) is 2. The Labute approximate surface area is 337 Å². The Balaban J connectivity index is 1.25. The van der Waals surface area contributed by atoms with E-state index < -0.39 is 20.0 Å². The minimum atomic E-state index is -4.17. The first kappa shape index (κ1) is 36.6. The lowest BCUT2D eigenvalue weighted by Gasteiger charge is -2.26. The standard InChI is InChI=1S/C48H38N2O4S3/c1-31-9-19-36(20-10-31)49(37-21-11-32(2)12-22-37)56(51,52)40-27-17-35-18-28-43-47-42-8-6-5-7-41(42)46(30-45(47)55-48(43)44(35)29-40)57(53,54)50(38-23-13-33(3)14-24-38)39-25-15-34(4)16-26-39/h5-30H,1-4H3. The van der Waals surface area contributed by atoms with Gasteiger partial charge in [-0.3, -0.25) is 0 Å². The number of aryl methyl sites for hydroxylation is 4. The van der Waals surface area contributed by atoms with Gasteiger partial charge >= 0.3 is 0 Å². The summed E-state index contributed by atoms with van der Waals surface area (Å²) in [4.78, 5) is 0.346. The van der Waals surface area contributed by atoms with Crippen LogP contribution in [0.25, 0.3) is 41.7 Å². The molecule has 9 aromatic rings. The first-order valence-electron chi connectivity index (χ1n) is 18.6. The molecule has 0 aliphatic rings. The van der Waals surface area contributed by atoms with Crippen LogP contribution in [0.1, 0.15) is 22.3 Å². The Morgan fingerprint density at radius 1 is 0.421 bits per heavy atom. The van der Waals surface area contributed by atoms with Gasteiger partial charge in [0.2, 0.25) is 0 Å². The predicted octanol–water partition coefficient (Wildman–Crippen LogP) is 12.6. The van der Waals surface area contributed by atoms with Crippen molar-refractivity contribution >= 4 is 95.9 Å². The largest absolute Gasteiger partial charge is 0.269 e. The van der Waals surface area contributed by atoms with Crippen LogP contribution in [0.2, 0.25) is 0 Å². The molecule has 9 heteroatoms. The highest BCUT2D eigenvalue weighted by molar-refractivity contribution is 7.93. The fourth-order valence-electron chi connectivity index (χ4n) is 7.52. The van der Waals surface area contributed by atoms with Gasteiger partial charge in [-0.15, -0.1) is 11.3 Å². The molecular formula is C48H38N2O4S3. The van der Waals surface area contributed by atoms with Crippen molar-refractivity contribution in [3.05, 3.63) is 180 Å². The number of benzene rings is 8. The predicted molar refractivity (Wildman–Crippen MR) is 238 cm³/mol. The third kappa shape index (κ3) is 6.32. The molecule has 282 valence electrons. The Bertz CT molecular complexity index is 3140. The molecule has 0 aliphatic heterocycles. The molecule has 0 spiro atoms. The summed E-state index contributed by atoms with van der Waals surface area (Å²) in [6, 6.07) is 48.7. The highest BCUT2D eigenvalue weighted by Crippen LogP contribution is 2.46. The summed E-state index contributed by atoms with van der Waals surface area (Å²) in [7, 11) is -8.27. The fourth-order valence-corrected chi connectivity index (χ4v) is 12.1. The van der Waals surface area contributed by atoms with Crippen molar-refractivity contribution in [3.8, 4) is 0 Å². The van der Waals surface area contributed by atoms with E-state index >= 15 is 8.42 Å². The van der Waals surface area contributed by atoms with Crippen LogP contribution in [-0.4, -0.2) is 16.8 Å². The molecule has 0 fully saturated rings. The molecule has 0 N–H and O–H groups in total. The first-order chi connectivity index (χ1) is 27.4. The molecule has 57 heavy (non-hydrogen) atoms. The number of hydrogen-bond acceptors (Lipinski definition) is 5. The molecule has 0 unspecified atom stereocenters. The zero-order valence-corrected chi connectivity index (χ0v) is 34.2. The molecule has 9 rings (SSSR count). The Morgan fingerprint density at radius 2 is 0.860 bits per heavy atom. The number of sulfonamides is 2. The second kappa shape index (κ2) is 13.9. The maximum atomic E-state index is 15.1. The van der Waals surface area contributed by atoms with Crippen molar-refractivity contribution in [1.82, 2.24) is 0 Å². The Morgan fingerprint density at radius 3 is 1.35 bits per heavy atom. The summed E-state index contributed by atoms with van der Waals surface area (Å²) in [6.45, 7) is 7.90. The molecule has 8 aromatic carbocycles. The average molecular weight is 803 g/mol. The maximum Gasteiger partial charge on any atom is 0.269 e. The van der Waals surface area contributed by atoms with E-state index in [4.69, 9.17) is 0 Å². The molecule has 0 radical (unpaired) electrons. The average Bonchev–Trinajstić information content (AvgIpc) is 3.60. The van der Waals surface area contributed by atoms with Crippen LogP contribution in [0.4, 0.5) is 22.7 Å². The minimum Gasteiger partial charge on any atom is -0.235 e. The highest BCUT2D eigenvalue weighted by atomic mass is 32.2. The quantitative estimate of drug-likeness (QED) is 0.153. The lowest BCUT2D eigenvalue weighted by Crippen LogP contribution is -2.26. The van der Waals surface area contributed by atoms with E-state index in [0.717, 1.165) is 58.6 Å². The molecule has 0 saturated heterocycles. The second-order valence-electron chi connectivity index (χ2n) is 14.6. The smallest absolute Gasteiger partial charge is 0.235 e. The Kier molecular flexibility index (Phi) is 8.92. The van der Waals surface area contributed by atoms with Gasteiger partial charge in [-0.2, -0.15) is 0 Å². The number of fused-ring (bicyclic) bond motifs is 7. The normalized spacial score (nSPS) is 12.1. The molecule has 0 aliphatic carbocycles. The summed E-state index contributed by atoms with van der Waals surface area (Å²) < 4.78 is 64.3. The first-order valence-corrected chi connectivity index (χ1v) is 22.3. The summed E-state index contributed by atoms with van der Waals surface area (Å²) in [6.07, 6.45) is 0. The number of hydrogen-bond donors (Lipinski definition) is 0. The Hall–Kier alpha value is -6.00. The van der Waals surface area contributed by atoms with Crippen LogP contribution in [0, 0.1) is 27.7 Å². The zero-order chi connectivity index (χ0) is 39.6. The van der Waals surface area contributed by atoms with Gasteiger partial charge in [-0.05, 0) is 105 Å². The maximum absolute atomic E-state index is 15.1. The molecule has 1 aromatic heterocycles. The van der Waals surface area contributed by atoms with Crippen molar-refractivity contribution in [2.24, 2.45) is 0 Å². The third-order valence-electron chi connectivity index (χ3n) is 10.5. The van der Waals surface area contributed by atoms with Crippen LogP contribution in [0.3, 0.4) is 0 Å². The molecule has 1 heterocycles. The van der Waals surface area contributed by atoms with E-state index in [1.165, 1.54) is 19.9 Å². The van der Waals surface area contributed by atoms with E-state index in [1.807, 2.05) is 161 Å². The molecular weight excluding hydrogens is 765 g/mol. The van der Waals surface area contributed by atoms with Crippen molar-refractivity contribution in [2.45, 2.75) is 37.5 Å². The SMILES string of the molecule is Cc1ccc(N(c2ccc(C)cc2)S(=O)(=O)c2ccc3ccc4c(sc5cc(S(=O)(=O)N(c6ccc(C)cc6)c6ccc(C)cc6)c6ccccc6c54)c3c2)cc1. The van der Waals surface area contributed by atoms with Crippen molar-refractivity contribution in [2.75, 3.05) is 8.61 Å². The van der Waals surface area contributed by atoms with E-state index in [-0.39, 0.29) is 9.79 Å². The molecule has 0 amide bonds. The molecule has 0 atom stereocenters. The molecule has 0 saturated carbocycles. The summed E-state index contributed by atoms with van der Waals surface area (Å²) in [5.41, 5.74) is 6.26. The minimum absolute atomic E-state index is 0.154. The lowest BCUT2D eigenvalue weighted by molar-refractivity contribution is 0.595. The van der Waals surface area contributed by atoms with E-state index in [2.05, 4.69) is 6.07 Å². The van der Waals surface area contributed by atoms with Crippen molar-refractivity contribution in [3.63, 3.8) is 0 Å². The number of anilines is 4.